The first-order valence-electron chi connectivity index (χ1n) is 9.55. The highest BCUT2D eigenvalue weighted by atomic mass is 19.2. The average Bonchev–Trinajstić information content (AvgIpc) is 2.98. The molecule has 2 aromatic carbocycles. The second kappa shape index (κ2) is 6.93. The third-order valence-electron chi connectivity index (χ3n) is 5.73. The number of nitriles is 1. The fraction of sp³-hybridized carbons (Fsp3) is 0.174. The molecule has 1 aliphatic heterocycles. The number of hydrogen-bond acceptors (Lipinski definition) is 5. The van der Waals surface area contributed by atoms with Crippen LogP contribution in [0.25, 0.3) is 0 Å². The van der Waals surface area contributed by atoms with Gasteiger partial charge in [0, 0.05) is 17.7 Å². The molecule has 0 amide bonds. The van der Waals surface area contributed by atoms with E-state index in [1.807, 2.05) is 37.4 Å². The van der Waals surface area contributed by atoms with Gasteiger partial charge in [-0.1, -0.05) is 24.3 Å². The summed E-state index contributed by atoms with van der Waals surface area (Å²) in [7, 11) is 0. The molecule has 31 heavy (non-hydrogen) atoms. The monoisotopic (exact) mass is 420 g/mol. The van der Waals surface area contributed by atoms with Gasteiger partial charge in [-0.2, -0.15) is 10.3 Å². The highest BCUT2D eigenvalue weighted by Crippen LogP contribution is 2.42. The first-order valence-corrected chi connectivity index (χ1v) is 9.55. The maximum absolute atomic E-state index is 13.5. The number of benzene rings is 2. The van der Waals surface area contributed by atoms with Crippen molar-refractivity contribution in [1.29, 1.82) is 5.26 Å². The molecule has 0 radical (unpaired) electrons. The molecule has 3 aliphatic rings. The van der Waals surface area contributed by atoms with Gasteiger partial charge in [-0.05, 0) is 30.7 Å². The summed E-state index contributed by atoms with van der Waals surface area (Å²) >= 11 is 0. The topological polar surface area (TPSA) is 69.8 Å². The van der Waals surface area contributed by atoms with E-state index in [-0.39, 0.29) is 17.8 Å². The van der Waals surface area contributed by atoms with Crippen LogP contribution < -0.4 is 10.1 Å². The molecule has 0 fully saturated rings. The molecule has 5 nitrogen and oxygen atoms in total. The van der Waals surface area contributed by atoms with Crippen LogP contribution in [0.1, 0.15) is 18.1 Å². The summed E-state index contributed by atoms with van der Waals surface area (Å²) in [5.74, 6) is -4.01. The molecule has 1 N–H and O–H groups in total. The lowest BCUT2D eigenvalue weighted by Gasteiger charge is -2.40. The number of rotatable bonds is 2. The lowest BCUT2D eigenvalue weighted by Crippen LogP contribution is -2.58. The maximum atomic E-state index is 13.5. The van der Waals surface area contributed by atoms with Crippen LogP contribution >= 0.6 is 0 Å². The number of nitrogens with one attached hydrogen (secondary N) is 1. The van der Waals surface area contributed by atoms with Crippen molar-refractivity contribution in [1.82, 2.24) is 5.32 Å². The SMILES string of the molecule is CC12NC3C=C(Oc4cc(F)c(F)c(F)c4)C=CC3=NC1C(=NC#N)c1ccccc12. The van der Waals surface area contributed by atoms with E-state index in [4.69, 9.17) is 15.0 Å². The molecule has 1 heterocycles. The zero-order chi connectivity index (χ0) is 21.8. The molecule has 2 aliphatic carbocycles. The molecular formula is C23H15F3N4O. The number of ether oxygens (including phenoxy) is 1. The summed E-state index contributed by atoms with van der Waals surface area (Å²) in [6.45, 7) is 1.99. The Morgan fingerprint density at radius 2 is 1.90 bits per heavy atom. The molecule has 3 unspecified atom stereocenters. The molecule has 154 valence electrons. The van der Waals surface area contributed by atoms with Gasteiger partial charge in [-0.15, -0.1) is 0 Å². The van der Waals surface area contributed by atoms with E-state index < -0.39 is 23.0 Å². The van der Waals surface area contributed by atoms with Crippen LogP contribution in [0.15, 0.2) is 70.4 Å². The van der Waals surface area contributed by atoms with E-state index in [9.17, 15) is 13.2 Å². The van der Waals surface area contributed by atoms with Crippen molar-refractivity contribution < 1.29 is 17.9 Å². The predicted octanol–water partition coefficient (Wildman–Crippen LogP) is 3.92. The third-order valence-corrected chi connectivity index (χ3v) is 5.73. The smallest absolute Gasteiger partial charge is 0.206 e. The van der Waals surface area contributed by atoms with Crippen LogP contribution in [0.2, 0.25) is 0 Å². The Morgan fingerprint density at radius 1 is 1.16 bits per heavy atom. The Balaban J connectivity index is 1.50. The Hall–Kier alpha value is -3.70. The van der Waals surface area contributed by atoms with Crippen molar-refractivity contribution in [2.45, 2.75) is 24.5 Å². The summed E-state index contributed by atoms with van der Waals surface area (Å²) in [5.41, 5.74) is 2.56. The average molecular weight is 420 g/mol. The first-order chi connectivity index (χ1) is 14.9. The molecular weight excluding hydrogens is 405 g/mol. The van der Waals surface area contributed by atoms with Gasteiger partial charge in [0.1, 0.15) is 17.6 Å². The summed E-state index contributed by atoms with van der Waals surface area (Å²) in [4.78, 5) is 8.89. The van der Waals surface area contributed by atoms with E-state index >= 15 is 0 Å². The summed E-state index contributed by atoms with van der Waals surface area (Å²) in [6.07, 6.45) is 6.96. The third kappa shape index (κ3) is 2.97. The molecule has 3 atom stereocenters. The lowest BCUT2D eigenvalue weighted by atomic mass is 9.85. The standard InChI is InChI=1S/C23H15F3N4O/c1-23-15-5-3-2-4-14(15)21(28-11-27)22(23)29-18-7-6-12(10-19(18)30-23)31-13-8-16(24)20(26)17(25)9-13/h2-10,19,22,30H,1H3. The summed E-state index contributed by atoms with van der Waals surface area (Å²) < 4.78 is 45.8. The van der Waals surface area contributed by atoms with Gasteiger partial charge in [0.2, 0.25) is 6.19 Å². The molecule has 0 saturated carbocycles. The number of hydrogen-bond donors (Lipinski definition) is 1. The Bertz CT molecular complexity index is 1250. The Kier molecular flexibility index (Phi) is 4.31. The van der Waals surface area contributed by atoms with E-state index in [0.29, 0.717) is 17.2 Å². The number of aliphatic imine (C=N–C) groups is 2. The highest BCUT2D eigenvalue weighted by molar-refractivity contribution is 6.14. The van der Waals surface area contributed by atoms with E-state index in [2.05, 4.69) is 10.3 Å². The van der Waals surface area contributed by atoms with Crippen molar-refractivity contribution in [3.05, 3.63) is 89.0 Å². The number of fused-ring (bicyclic) bond motifs is 4. The second-order valence-corrected chi connectivity index (χ2v) is 7.63. The minimum atomic E-state index is -1.54. The van der Waals surface area contributed by atoms with Crippen molar-refractivity contribution >= 4 is 11.4 Å². The van der Waals surface area contributed by atoms with Crippen LogP contribution in [0.3, 0.4) is 0 Å². The second-order valence-electron chi connectivity index (χ2n) is 7.63. The minimum absolute atomic E-state index is 0.151. The zero-order valence-electron chi connectivity index (χ0n) is 16.2. The van der Waals surface area contributed by atoms with Crippen LogP contribution in [0.4, 0.5) is 13.2 Å². The fourth-order valence-corrected chi connectivity index (χ4v) is 4.33. The number of nitrogens with zero attached hydrogens (tertiary/aromatic N) is 3. The quantitative estimate of drug-likeness (QED) is 0.592. The molecule has 0 bridgehead atoms. The van der Waals surface area contributed by atoms with Crippen LogP contribution in [-0.2, 0) is 5.54 Å². The molecule has 8 heteroatoms. The molecule has 2 aromatic rings. The molecule has 0 aromatic heterocycles. The highest BCUT2D eigenvalue weighted by Gasteiger charge is 2.51. The van der Waals surface area contributed by atoms with Crippen LogP contribution in [0, 0.1) is 28.9 Å². The van der Waals surface area contributed by atoms with Gasteiger partial charge in [0.05, 0.1) is 23.0 Å². The van der Waals surface area contributed by atoms with Gasteiger partial charge in [0.15, 0.2) is 17.5 Å². The van der Waals surface area contributed by atoms with Gasteiger partial charge in [-0.3, -0.25) is 10.3 Å². The van der Waals surface area contributed by atoms with E-state index in [1.165, 1.54) is 0 Å². The zero-order valence-corrected chi connectivity index (χ0v) is 16.2. The largest absolute Gasteiger partial charge is 0.457 e. The molecule has 0 spiro atoms. The Morgan fingerprint density at radius 3 is 2.65 bits per heavy atom. The predicted molar refractivity (Wildman–Crippen MR) is 108 cm³/mol. The summed E-state index contributed by atoms with van der Waals surface area (Å²) in [5, 5.41) is 12.7. The van der Waals surface area contributed by atoms with Gasteiger partial charge >= 0.3 is 0 Å². The van der Waals surface area contributed by atoms with E-state index in [0.717, 1.165) is 23.3 Å². The van der Waals surface area contributed by atoms with Crippen molar-refractivity contribution in [3.63, 3.8) is 0 Å². The van der Waals surface area contributed by atoms with Gasteiger partial charge in [-0.25, -0.2) is 13.2 Å². The van der Waals surface area contributed by atoms with Crippen molar-refractivity contribution in [3.8, 4) is 11.9 Å². The van der Waals surface area contributed by atoms with Crippen molar-refractivity contribution in [2.75, 3.05) is 0 Å². The van der Waals surface area contributed by atoms with Gasteiger partial charge in [0.25, 0.3) is 0 Å². The minimum Gasteiger partial charge on any atom is -0.457 e. The van der Waals surface area contributed by atoms with Gasteiger partial charge < -0.3 is 4.74 Å². The number of halogens is 3. The van der Waals surface area contributed by atoms with E-state index in [1.54, 1.807) is 18.2 Å². The number of allylic oxidation sites excluding steroid dienone is 1. The first kappa shape index (κ1) is 19.3. The summed E-state index contributed by atoms with van der Waals surface area (Å²) in [6, 6.07) is 8.56. The van der Waals surface area contributed by atoms with Crippen LogP contribution in [-0.4, -0.2) is 23.5 Å². The normalized spacial score (nSPS) is 27.0. The fourth-order valence-electron chi connectivity index (χ4n) is 4.33. The lowest BCUT2D eigenvalue weighted by molar-refractivity contribution is 0.334. The molecule has 5 rings (SSSR count). The maximum Gasteiger partial charge on any atom is 0.206 e. The molecule has 0 saturated heterocycles. The van der Waals surface area contributed by atoms with Crippen LogP contribution in [0.5, 0.6) is 5.75 Å². The Labute approximate surface area is 175 Å². The van der Waals surface area contributed by atoms with Crippen molar-refractivity contribution in [2.24, 2.45) is 9.98 Å².